The molecule has 3 fully saturated rings. The summed E-state index contributed by atoms with van der Waals surface area (Å²) in [5.74, 6) is 2.48. The van der Waals surface area contributed by atoms with E-state index in [1.54, 1.807) is 6.26 Å². The van der Waals surface area contributed by atoms with Crippen molar-refractivity contribution in [3.05, 3.63) is 24.2 Å². The van der Waals surface area contributed by atoms with Gasteiger partial charge in [-0.15, -0.1) is 24.0 Å². The maximum Gasteiger partial charge on any atom is 0.191 e. The molecule has 2 aliphatic carbocycles. The van der Waals surface area contributed by atoms with Crippen LogP contribution in [0.3, 0.4) is 0 Å². The van der Waals surface area contributed by atoms with E-state index in [0.29, 0.717) is 36.7 Å². The minimum absolute atomic E-state index is 0. The lowest BCUT2D eigenvalue weighted by molar-refractivity contribution is -0.171. The molecular formula is C20H32IN3O3. The van der Waals surface area contributed by atoms with Crippen molar-refractivity contribution < 1.29 is 13.9 Å². The second-order valence-electron chi connectivity index (χ2n) is 7.70. The van der Waals surface area contributed by atoms with Crippen LogP contribution in [0.1, 0.15) is 44.8 Å². The topological polar surface area (TPSA) is 68.0 Å². The zero-order valence-electron chi connectivity index (χ0n) is 16.1. The van der Waals surface area contributed by atoms with Crippen molar-refractivity contribution in [1.29, 1.82) is 0 Å². The van der Waals surface area contributed by atoms with Gasteiger partial charge in [-0.1, -0.05) is 6.42 Å². The molecule has 0 bridgehead atoms. The van der Waals surface area contributed by atoms with Gasteiger partial charge in [0.05, 0.1) is 12.4 Å². The summed E-state index contributed by atoms with van der Waals surface area (Å²) in [6.45, 7) is 5.90. The van der Waals surface area contributed by atoms with E-state index >= 15 is 0 Å². The minimum Gasteiger partial charge on any atom is -0.467 e. The molecule has 0 aromatic carbocycles. The number of rotatable bonds is 8. The number of hydrogen-bond acceptors (Lipinski definition) is 4. The maximum absolute atomic E-state index is 6.01. The number of fused-ring (bicyclic) bond motifs is 2. The fraction of sp³-hybridized carbons (Fsp3) is 0.750. The molecule has 27 heavy (non-hydrogen) atoms. The Morgan fingerprint density at radius 2 is 2.30 bits per heavy atom. The molecule has 6 nitrogen and oxygen atoms in total. The van der Waals surface area contributed by atoms with Crippen LogP contribution in [-0.4, -0.2) is 44.4 Å². The van der Waals surface area contributed by atoms with Gasteiger partial charge in [0, 0.05) is 43.7 Å². The summed E-state index contributed by atoms with van der Waals surface area (Å²) >= 11 is 0. The van der Waals surface area contributed by atoms with E-state index in [0.717, 1.165) is 37.8 Å². The van der Waals surface area contributed by atoms with Gasteiger partial charge in [0.2, 0.25) is 0 Å². The number of ether oxygens (including phenoxy) is 2. The first-order valence-electron chi connectivity index (χ1n) is 10.1. The number of furan rings is 1. The number of halogens is 1. The fourth-order valence-electron chi connectivity index (χ4n) is 4.85. The Bertz CT molecular complexity index is 604. The fourth-order valence-corrected chi connectivity index (χ4v) is 4.85. The minimum atomic E-state index is 0. The number of aliphatic imine (C=N–C) groups is 1. The maximum atomic E-state index is 6.01. The summed E-state index contributed by atoms with van der Waals surface area (Å²) in [6.07, 6.45) is 8.19. The number of nitrogens with one attached hydrogen (secondary N) is 2. The quantitative estimate of drug-likeness (QED) is 0.254. The molecule has 0 amide bonds. The largest absolute Gasteiger partial charge is 0.467 e. The van der Waals surface area contributed by atoms with Crippen molar-refractivity contribution in [3.8, 4) is 0 Å². The third-order valence-corrected chi connectivity index (χ3v) is 6.21. The first-order chi connectivity index (χ1) is 12.8. The molecule has 1 aromatic heterocycles. The molecule has 2 N–H and O–H groups in total. The van der Waals surface area contributed by atoms with Crippen LogP contribution in [0.5, 0.6) is 0 Å². The predicted octanol–water partition coefficient (Wildman–Crippen LogP) is 3.32. The second-order valence-corrected chi connectivity index (χ2v) is 7.70. The van der Waals surface area contributed by atoms with Gasteiger partial charge in [0.15, 0.2) is 5.96 Å². The predicted molar refractivity (Wildman–Crippen MR) is 115 cm³/mol. The van der Waals surface area contributed by atoms with Crippen LogP contribution in [-0.2, 0) is 16.1 Å². The molecule has 1 aliphatic heterocycles. The highest BCUT2D eigenvalue weighted by molar-refractivity contribution is 14.0. The highest BCUT2D eigenvalue weighted by Crippen LogP contribution is 2.62. The van der Waals surface area contributed by atoms with Crippen molar-refractivity contribution in [2.75, 3.05) is 26.3 Å². The Morgan fingerprint density at radius 1 is 1.41 bits per heavy atom. The van der Waals surface area contributed by atoms with Crippen LogP contribution in [0.2, 0.25) is 0 Å². The Hall–Kier alpha value is -0.800. The number of nitrogens with zero attached hydrogens (tertiary/aromatic N) is 1. The molecule has 3 unspecified atom stereocenters. The van der Waals surface area contributed by atoms with E-state index in [1.165, 1.54) is 25.7 Å². The number of guanidine groups is 1. The van der Waals surface area contributed by atoms with Crippen LogP contribution < -0.4 is 10.6 Å². The van der Waals surface area contributed by atoms with Crippen molar-refractivity contribution in [2.24, 2.45) is 16.3 Å². The van der Waals surface area contributed by atoms with Gasteiger partial charge in [-0.05, 0) is 44.7 Å². The van der Waals surface area contributed by atoms with Crippen molar-refractivity contribution >= 4 is 29.9 Å². The zero-order valence-corrected chi connectivity index (χ0v) is 18.4. The van der Waals surface area contributed by atoms with Crippen molar-refractivity contribution in [2.45, 2.75) is 57.8 Å². The summed E-state index contributed by atoms with van der Waals surface area (Å²) < 4.78 is 16.9. The van der Waals surface area contributed by atoms with Crippen LogP contribution in [0, 0.1) is 11.3 Å². The van der Waals surface area contributed by atoms with E-state index in [9.17, 15) is 0 Å². The van der Waals surface area contributed by atoms with Gasteiger partial charge >= 0.3 is 0 Å². The lowest BCUT2D eigenvalue weighted by Gasteiger charge is -2.63. The average molecular weight is 489 g/mol. The Balaban J connectivity index is 0.00000210. The highest BCUT2D eigenvalue weighted by Gasteiger charge is 2.66. The van der Waals surface area contributed by atoms with Gasteiger partial charge in [-0.3, -0.25) is 4.99 Å². The molecule has 0 radical (unpaired) electrons. The van der Waals surface area contributed by atoms with E-state index in [-0.39, 0.29) is 24.0 Å². The van der Waals surface area contributed by atoms with E-state index in [2.05, 4.69) is 17.6 Å². The standard InChI is InChI=1S/C20H31N3O3.HI/c1-2-21-19(22-10-5-11-24-14-15-6-3-12-25-15)23-17-16-7-13-26-18(16)20(17)8-4-9-20;/h3,6,12,16-18H,2,4-5,7-11,13-14H2,1H3,(H2,21,22,23);1H. The normalized spacial score (nSPS) is 28.0. The molecule has 1 spiro atoms. The molecule has 7 heteroatoms. The smallest absolute Gasteiger partial charge is 0.191 e. The van der Waals surface area contributed by atoms with Crippen LogP contribution >= 0.6 is 24.0 Å². The van der Waals surface area contributed by atoms with E-state index < -0.39 is 0 Å². The molecule has 2 heterocycles. The zero-order chi connectivity index (χ0) is 17.8. The Kier molecular flexibility index (Phi) is 7.44. The summed E-state index contributed by atoms with van der Waals surface area (Å²) in [5, 5.41) is 7.14. The summed E-state index contributed by atoms with van der Waals surface area (Å²) in [7, 11) is 0. The van der Waals surface area contributed by atoms with E-state index in [4.69, 9.17) is 18.9 Å². The SMILES string of the molecule is CCNC(=NCCCOCc1ccco1)NC1C2CCOC2C12CCC2.I. The van der Waals surface area contributed by atoms with Crippen molar-refractivity contribution in [3.63, 3.8) is 0 Å². The van der Waals surface area contributed by atoms with Crippen molar-refractivity contribution in [1.82, 2.24) is 10.6 Å². The molecule has 4 rings (SSSR count). The van der Waals surface area contributed by atoms with Crippen LogP contribution in [0.25, 0.3) is 0 Å². The average Bonchev–Trinajstić information content (AvgIpc) is 3.25. The van der Waals surface area contributed by atoms with Gasteiger partial charge in [0.1, 0.15) is 12.4 Å². The first-order valence-corrected chi connectivity index (χ1v) is 10.1. The van der Waals surface area contributed by atoms with Gasteiger partial charge in [-0.2, -0.15) is 0 Å². The van der Waals surface area contributed by atoms with Gasteiger partial charge < -0.3 is 24.5 Å². The van der Waals surface area contributed by atoms with Gasteiger partial charge in [0.25, 0.3) is 0 Å². The summed E-state index contributed by atoms with van der Waals surface area (Å²) in [5.41, 5.74) is 0.378. The third-order valence-electron chi connectivity index (χ3n) is 6.21. The lowest BCUT2D eigenvalue weighted by atomic mass is 9.46. The molecular weight excluding hydrogens is 457 g/mol. The Morgan fingerprint density at radius 3 is 3.00 bits per heavy atom. The lowest BCUT2D eigenvalue weighted by Crippen LogP contribution is -2.72. The van der Waals surface area contributed by atoms with Crippen LogP contribution in [0.15, 0.2) is 27.8 Å². The number of hydrogen-bond donors (Lipinski definition) is 2. The molecule has 3 atom stereocenters. The van der Waals surface area contributed by atoms with E-state index in [1.807, 2.05) is 12.1 Å². The first kappa shape index (κ1) is 20.9. The molecule has 1 saturated heterocycles. The third kappa shape index (κ3) is 4.29. The molecule has 1 aromatic rings. The molecule has 152 valence electrons. The monoisotopic (exact) mass is 489 g/mol. The van der Waals surface area contributed by atoms with Crippen LogP contribution in [0.4, 0.5) is 0 Å². The highest BCUT2D eigenvalue weighted by atomic mass is 127. The summed E-state index contributed by atoms with van der Waals surface area (Å²) in [4.78, 5) is 4.76. The summed E-state index contributed by atoms with van der Waals surface area (Å²) in [6, 6.07) is 4.34. The Labute approximate surface area is 178 Å². The second kappa shape index (κ2) is 9.60. The molecule has 3 aliphatic rings. The molecule has 2 saturated carbocycles. The van der Waals surface area contributed by atoms with Gasteiger partial charge in [-0.25, -0.2) is 0 Å².